The van der Waals surface area contributed by atoms with E-state index in [0.717, 1.165) is 33.3 Å². The van der Waals surface area contributed by atoms with Gasteiger partial charge < -0.3 is 9.47 Å². The molecular formula is C26H23ClN2O2. The van der Waals surface area contributed by atoms with Crippen LogP contribution in [0.3, 0.4) is 0 Å². The Bertz CT molecular complexity index is 1310. The predicted molar refractivity (Wildman–Crippen MR) is 128 cm³/mol. The summed E-state index contributed by atoms with van der Waals surface area (Å²) in [6.07, 6.45) is 0.672. The van der Waals surface area contributed by atoms with E-state index in [0.29, 0.717) is 24.3 Å². The van der Waals surface area contributed by atoms with E-state index in [-0.39, 0.29) is 11.1 Å². The maximum atomic E-state index is 13.5. The Morgan fingerprint density at radius 2 is 1.68 bits per heavy atom. The first-order chi connectivity index (χ1) is 15.0. The van der Waals surface area contributed by atoms with Crippen LogP contribution in [0.1, 0.15) is 21.5 Å². The number of benzene rings is 3. The molecule has 5 heteroatoms. The van der Waals surface area contributed by atoms with Crippen molar-refractivity contribution in [2.45, 2.75) is 12.4 Å². The van der Waals surface area contributed by atoms with E-state index in [1.165, 1.54) is 0 Å². The lowest BCUT2D eigenvalue weighted by atomic mass is 9.95. The second kappa shape index (κ2) is 8.78. The highest BCUT2D eigenvalue weighted by Crippen LogP contribution is 2.33. The lowest BCUT2D eigenvalue weighted by Gasteiger charge is -2.19. The number of carbonyl (C=O) groups excluding carboxylic acids is 1. The summed E-state index contributed by atoms with van der Waals surface area (Å²) in [5, 5.41) is 0.856. The first-order valence-corrected chi connectivity index (χ1v) is 10.6. The van der Waals surface area contributed by atoms with Crippen LogP contribution in [0.15, 0.2) is 77.6 Å². The topological polar surface area (TPSA) is 42.3 Å². The molecule has 0 aliphatic rings. The molecule has 4 nitrogen and oxygen atoms in total. The molecule has 0 N–H and O–H groups in total. The molecule has 31 heavy (non-hydrogen) atoms. The van der Waals surface area contributed by atoms with Crippen molar-refractivity contribution in [3.8, 4) is 11.1 Å². The van der Waals surface area contributed by atoms with Gasteiger partial charge in [-0.05, 0) is 34.9 Å². The fourth-order valence-corrected chi connectivity index (χ4v) is 4.06. The number of nitrogens with zero attached hydrogens (tertiary/aromatic N) is 2. The van der Waals surface area contributed by atoms with E-state index in [1.54, 1.807) is 4.57 Å². The van der Waals surface area contributed by atoms with Gasteiger partial charge in [-0.3, -0.25) is 9.59 Å². The number of fused-ring (bicyclic) bond motifs is 1. The standard InChI is InChI=1S/C26H23ClN2O2/c1-28(2)21-11-12-22-24(14-21)29(16-18-7-4-3-5-8-18)26(31)23(17-30)25(22)20-10-6-9-19(13-20)15-27/h3-14,17H,15-16H2,1-2H3. The molecule has 0 saturated heterocycles. The smallest absolute Gasteiger partial charge is 0.262 e. The molecule has 0 bridgehead atoms. The van der Waals surface area contributed by atoms with Crippen molar-refractivity contribution < 1.29 is 4.79 Å². The molecule has 4 aromatic rings. The van der Waals surface area contributed by atoms with Crippen LogP contribution < -0.4 is 10.5 Å². The number of halogens is 1. The van der Waals surface area contributed by atoms with Crippen LogP contribution >= 0.6 is 11.6 Å². The van der Waals surface area contributed by atoms with Crippen molar-refractivity contribution in [3.05, 3.63) is 99.8 Å². The summed E-state index contributed by atoms with van der Waals surface area (Å²) in [4.78, 5) is 27.7. The van der Waals surface area contributed by atoms with Crippen molar-refractivity contribution in [2.24, 2.45) is 0 Å². The highest BCUT2D eigenvalue weighted by Gasteiger charge is 2.19. The minimum Gasteiger partial charge on any atom is -0.378 e. The van der Waals surface area contributed by atoms with Crippen molar-refractivity contribution >= 4 is 34.5 Å². The van der Waals surface area contributed by atoms with Crippen LogP contribution in [0.4, 0.5) is 5.69 Å². The van der Waals surface area contributed by atoms with Gasteiger partial charge in [0, 0.05) is 36.6 Å². The van der Waals surface area contributed by atoms with E-state index in [1.807, 2.05) is 91.8 Å². The number of rotatable bonds is 6. The van der Waals surface area contributed by atoms with E-state index in [2.05, 4.69) is 0 Å². The Morgan fingerprint density at radius 3 is 2.35 bits per heavy atom. The Labute approximate surface area is 186 Å². The van der Waals surface area contributed by atoms with E-state index in [4.69, 9.17) is 11.6 Å². The van der Waals surface area contributed by atoms with Gasteiger partial charge in [-0.15, -0.1) is 11.6 Å². The SMILES string of the molecule is CN(C)c1ccc2c(-c3cccc(CCl)c3)c(C=O)c(=O)n(Cc3ccccc3)c2c1. The average molecular weight is 431 g/mol. The van der Waals surface area contributed by atoms with Crippen LogP contribution in [0.5, 0.6) is 0 Å². The quantitative estimate of drug-likeness (QED) is 0.306. The summed E-state index contributed by atoms with van der Waals surface area (Å²) in [5.74, 6) is 0.359. The third-order valence-electron chi connectivity index (χ3n) is 5.47. The summed E-state index contributed by atoms with van der Waals surface area (Å²) in [5.41, 5.74) is 5.02. The van der Waals surface area contributed by atoms with Crippen LogP contribution in [-0.4, -0.2) is 24.9 Å². The number of aromatic nitrogens is 1. The summed E-state index contributed by atoms with van der Waals surface area (Å²) in [6.45, 7) is 0.385. The van der Waals surface area contributed by atoms with Crippen LogP contribution in [-0.2, 0) is 12.4 Å². The lowest BCUT2D eigenvalue weighted by molar-refractivity contribution is 0.112. The maximum Gasteiger partial charge on any atom is 0.262 e. The number of hydrogen-bond donors (Lipinski definition) is 0. The van der Waals surface area contributed by atoms with Crippen LogP contribution in [0, 0.1) is 0 Å². The molecule has 0 fully saturated rings. The Morgan fingerprint density at radius 1 is 0.935 bits per heavy atom. The molecule has 0 aliphatic heterocycles. The monoisotopic (exact) mass is 430 g/mol. The summed E-state index contributed by atoms with van der Waals surface area (Å²) in [7, 11) is 3.93. The van der Waals surface area contributed by atoms with E-state index < -0.39 is 0 Å². The highest BCUT2D eigenvalue weighted by molar-refractivity contribution is 6.17. The summed E-state index contributed by atoms with van der Waals surface area (Å²) >= 11 is 6.04. The van der Waals surface area contributed by atoms with Crippen molar-refractivity contribution in [2.75, 3.05) is 19.0 Å². The maximum absolute atomic E-state index is 13.5. The van der Waals surface area contributed by atoms with Crippen LogP contribution in [0.25, 0.3) is 22.0 Å². The molecule has 0 spiro atoms. The molecule has 156 valence electrons. The Kier molecular flexibility index (Phi) is 5.92. The molecule has 3 aromatic carbocycles. The van der Waals surface area contributed by atoms with Crippen molar-refractivity contribution in [1.82, 2.24) is 4.57 Å². The van der Waals surface area contributed by atoms with Gasteiger partial charge in [-0.2, -0.15) is 0 Å². The van der Waals surface area contributed by atoms with Gasteiger partial charge in [0.1, 0.15) is 0 Å². The molecule has 0 unspecified atom stereocenters. The second-order valence-electron chi connectivity index (χ2n) is 7.71. The first-order valence-electron chi connectivity index (χ1n) is 10.1. The zero-order valence-corrected chi connectivity index (χ0v) is 18.3. The highest BCUT2D eigenvalue weighted by atomic mass is 35.5. The predicted octanol–water partition coefficient (Wildman–Crippen LogP) is 5.33. The normalized spacial score (nSPS) is 10.9. The molecule has 0 radical (unpaired) electrons. The molecule has 0 aliphatic carbocycles. The number of carbonyl (C=O) groups is 1. The van der Waals surface area contributed by atoms with Crippen LogP contribution in [0.2, 0.25) is 0 Å². The number of hydrogen-bond acceptors (Lipinski definition) is 3. The molecule has 4 rings (SSSR count). The zero-order chi connectivity index (χ0) is 22.0. The van der Waals surface area contributed by atoms with Gasteiger partial charge in [0.25, 0.3) is 5.56 Å². The van der Waals surface area contributed by atoms with Gasteiger partial charge >= 0.3 is 0 Å². The molecule has 0 amide bonds. The van der Waals surface area contributed by atoms with Gasteiger partial charge in [-0.25, -0.2) is 0 Å². The average Bonchev–Trinajstić information content (AvgIpc) is 2.80. The Hall–Kier alpha value is -3.37. The number of anilines is 1. The molecule has 0 saturated carbocycles. The minimum absolute atomic E-state index is 0.160. The molecule has 1 heterocycles. The third kappa shape index (κ3) is 3.99. The fraction of sp³-hybridized carbons (Fsp3) is 0.154. The van der Waals surface area contributed by atoms with E-state index >= 15 is 0 Å². The largest absolute Gasteiger partial charge is 0.378 e. The lowest BCUT2D eigenvalue weighted by Crippen LogP contribution is -2.26. The van der Waals surface area contributed by atoms with Crippen molar-refractivity contribution in [1.29, 1.82) is 0 Å². The second-order valence-corrected chi connectivity index (χ2v) is 7.98. The van der Waals surface area contributed by atoms with Gasteiger partial charge in [0.2, 0.25) is 0 Å². The third-order valence-corrected chi connectivity index (χ3v) is 5.78. The molecular weight excluding hydrogens is 408 g/mol. The van der Waals surface area contributed by atoms with Gasteiger partial charge in [-0.1, -0.05) is 54.6 Å². The zero-order valence-electron chi connectivity index (χ0n) is 17.5. The number of aldehydes is 1. The fourth-order valence-electron chi connectivity index (χ4n) is 3.89. The molecule has 0 atom stereocenters. The number of alkyl halides is 1. The summed E-state index contributed by atoms with van der Waals surface area (Å²) in [6, 6.07) is 23.5. The Balaban J connectivity index is 2.08. The van der Waals surface area contributed by atoms with Gasteiger partial charge in [0.15, 0.2) is 6.29 Å². The minimum atomic E-state index is -0.298. The molecule has 1 aromatic heterocycles. The van der Waals surface area contributed by atoms with E-state index in [9.17, 15) is 9.59 Å². The first kappa shape index (κ1) is 20.9. The number of pyridine rings is 1. The van der Waals surface area contributed by atoms with Gasteiger partial charge in [0.05, 0.1) is 17.6 Å². The van der Waals surface area contributed by atoms with Crippen molar-refractivity contribution in [3.63, 3.8) is 0 Å². The summed E-state index contributed by atoms with van der Waals surface area (Å²) < 4.78 is 1.69.